The monoisotopic (exact) mass is 479 g/mol. The van der Waals surface area contributed by atoms with Gasteiger partial charge in [0.15, 0.2) is 11.5 Å². The standard InChI is InChI=1S/C28H17NO5S/c30-23-22(24(31)26(33)27(34)25(23)32)29-19-7-3-1-5-14(19)18-12-17-13(11-20(18)29)9-10-16-15-6-2-4-8-21(15)35-28(16)17/h1-12,30-34H. The second-order valence-electron chi connectivity index (χ2n) is 8.58. The van der Waals surface area contributed by atoms with E-state index >= 15 is 0 Å². The molecule has 2 heterocycles. The van der Waals surface area contributed by atoms with Gasteiger partial charge < -0.3 is 30.1 Å². The minimum atomic E-state index is -0.984. The van der Waals surface area contributed by atoms with Gasteiger partial charge in [-0.1, -0.05) is 48.5 Å². The van der Waals surface area contributed by atoms with E-state index in [4.69, 9.17) is 0 Å². The molecule has 6 nitrogen and oxygen atoms in total. The van der Waals surface area contributed by atoms with Crippen LogP contribution in [0.1, 0.15) is 0 Å². The molecule has 0 atom stereocenters. The van der Waals surface area contributed by atoms with Gasteiger partial charge in [0.05, 0.1) is 11.0 Å². The number of rotatable bonds is 1. The summed E-state index contributed by atoms with van der Waals surface area (Å²) in [5.74, 6) is -4.27. The maximum absolute atomic E-state index is 10.7. The predicted octanol–water partition coefficient (Wildman–Crippen LogP) is 6.83. The maximum atomic E-state index is 10.7. The summed E-state index contributed by atoms with van der Waals surface area (Å²) < 4.78 is 3.97. The Hall–Kier alpha value is -4.62. The number of benzene rings is 5. The average molecular weight is 480 g/mol. The fourth-order valence-corrected chi connectivity index (χ4v) is 6.32. The zero-order valence-electron chi connectivity index (χ0n) is 18.0. The van der Waals surface area contributed by atoms with E-state index in [1.165, 1.54) is 20.2 Å². The summed E-state index contributed by atoms with van der Waals surface area (Å²) in [6.45, 7) is 0. The number of aromatic nitrogens is 1. The normalized spacial score (nSPS) is 12.0. The van der Waals surface area contributed by atoms with Crippen molar-refractivity contribution >= 4 is 64.1 Å². The highest BCUT2D eigenvalue weighted by molar-refractivity contribution is 7.26. The maximum Gasteiger partial charge on any atom is 0.208 e. The highest BCUT2D eigenvalue weighted by atomic mass is 32.1. The third-order valence-electron chi connectivity index (χ3n) is 6.72. The number of hydrogen-bond acceptors (Lipinski definition) is 6. The van der Waals surface area contributed by atoms with Gasteiger partial charge in [-0.15, -0.1) is 11.3 Å². The van der Waals surface area contributed by atoms with Gasteiger partial charge >= 0.3 is 0 Å². The minimum Gasteiger partial charge on any atom is -0.503 e. The summed E-state index contributed by atoms with van der Waals surface area (Å²) in [4.78, 5) is 0. The summed E-state index contributed by atoms with van der Waals surface area (Å²) in [7, 11) is 0. The number of phenolic OH excluding ortho intramolecular Hbond substituents is 5. The van der Waals surface area contributed by atoms with Crippen molar-refractivity contribution in [1.29, 1.82) is 0 Å². The lowest BCUT2D eigenvalue weighted by atomic mass is 10.0. The van der Waals surface area contributed by atoms with Crippen molar-refractivity contribution in [1.82, 2.24) is 4.57 Å². The van der Waals surface area contributed by atoms with Crippen LogP contribution in [0.25, 0.3) is 58.4 Å². The van der Waals surface area contributed by atoms with Crippen molar-refractivity contribution in [2.75, 3.05) is 0 Å². The predicted molar refractivity (Wildman–Crippen MR) is 139 cm³/mol. The van der Waals surface area contributed by atoms with E-state index in [1.54, 1.807) is 15.9 Å². The average Bonchev–Trinajstić information content (AvgIpc) is 3.41. The summed E-state index contributed by atoms with van der Waals surface area (Å²) in [5, 5.41) is 57.9. The molecule has 0 spiro atoms. The van der Waals surface area contributed by atoms with Crippen molar-refractivity contribution in [2.24, 2.45) is 0 Å². The van der Waals surface area contributed by atoms with Crippen LogP contribution in [0.3, 0.4) is 0 Å². The van der Waals surface area contributed by atoms with Crippen LogP contribution in [-0.4, -0.2) is 30.1 Å². The Morgan fingerprint density at radius 3 is 1.94 bits per heavy atom. The van der Waals surface area contributed by atoms with Gasteiger partial charge in [0, 0.05) is 36.3 Å². The molecule has 5 N–H and O–H groups in total. The number of thiophene rings is 1. The van der Waals surface area contributed by atoms with Gasteiger partial charge in [0.25, 0.3) is 0 Å². The molecule has 0 bridgehead atoms. The van der Waals surface area contributed by atoms with E-state index in [-0.39, 0.29) is 5.69 Å². The Morgan fingerprint density at radius 1 is 0.514 bits per heavy atom. The molecule has 5 aromatic carbocycles. The topological polar surface area (TPSA) is 106 Å². The largest absolute Gasteiger partial charge is 0.503 e. The zero-order valence-corrected chi connectivity index (χ0v) is 18.8. The Balaban J connectivity index is 1.68. The molecular weight excluding hydrogens is 462 g/mol. The summed E-state index contributed by atoms with van der Waals surface area (Å²) >= 11 is 1.74. The summed E-state index contributed by atoms with van der Waals surface area (Å²) in [5.41, 5.74) is 1.10. The first kappa shape index (κ1) is 19.8. The van der Waals surface area contributed by atoms with Gasteiger partial charge in [-0.25, -0.2) is 0 Å². The number of nitrogens with zero attached hydrogens (tertiary/aromatic N) is 1. The van der Waals surface area contributed by atoms with Crippen molar-refractivity contribution in [2.45, 2.75) is 0 Å². The molecule has 0 aliphatic carbocycles. The van der Waals surface area contributed by atoms with Gasteiger partial charge in [0.2, 0.25) is 17.2 Å². The summed E-state index contributed by atoms with van der Waals surface area (Å²) in [6, 6.07) is 24.0. The lowest BCUT2D eigenvalue weighted by Gasteiger charge is -2.15. The third-order valence-corrected chi connectivity index (χ3v) is 7.94. The van der Waals surface area contributed by atoms with Crippen molar-refractivity contribution in [3.63, 3.8) is 0 Å². The lowest BCUT2D eigenvalue weighted by Crippen LogP contribution is -1.96. The molecular formula is C28H17NO5S. The van der Waals surface area contributed by atoms with Crippen molar-refractivity contribution < 1.29 is 25.5 Å². The molecule has 0 saturated carbocycles. The lowest BCUT2D eigenvalue weighted by molar-refractivity contribution is 0.327. The van der Waals surface area contributed by atoms with Crippen molar-refractivity contribution in [3.8, 4) is 34.4 Å². The number of para-hydroxylation sites is 1. The van der Waals surface area contributed by atoms with Crippen LogP contribution in [0.5, 0.6) is 28.7 Å². The Bertz CT molecular complexity index is 1990. The molecule has 170 valence electrons. The Morgan fingerprint density at radius 2 is 1.17 bits per heavy atom. The van der Waals surface area contributed by atoms with Crippen LogP contribution in [-0.2, 0) is 0 Å². The molecule has 0 aliphatic rings. The van der Waals surface area contributed by atoms with Gasteiger partial charge in [-0.3, -0.25) is 0 Å². The van der Waals surface area contributed by atoms with Gasteiger partial charge in [-0.05, 0) is 29.7 Å². The van der Waals surface area contributed by atoms with Crippen LogP contribution in [0, 0.1) is 0 Å². The highest BCUT2D eigenvalue weighted by Gasteiger charge is 2.27. The second-order valence-corrected chi connectivity index (χ2v) is 9.63. The molecule has 7 heteroatoms. The molecule has 0 saturated heterocycles. The van der Waals surface area contributed by atoms with E-state index in [0.29, 0.717) is 11.0 Å². The minimum absolute atomic E-state index is 0.216. The van der Waals surface area contributed by atoms with E-state index in [9.17, 15) is 25.5 Å². The molecule has 0 unspecified atom stereocenters. The van der Waals surface area contributed by atoms with E-state index in [1.807, 2.05) is 48.5 Å². The van der Waals surface area contributed by atoms with Crippen LogP contribution in [0.2, 0.25) is 0 Å². The van der Waals surface area contributed by atoms with E-state index in [0.717, 1.165) is 21.5 Å². The highest BCUT2D eigenvalue weighted by Crippen LogP contribution is 2.54. The number of hydrogen-bond donors (Lipinski definition) is 5. The molecule has 7 rings (SSSR count). The first-order valence-electron chi connectivity index (χ1n) is 10.9. The SMILES string of the molecule is Oc1c(O)c(O)c(-n2c3ccccc3c3cc4c(ccc5c6ccccc6sc45)cc32)c(O)c1O. The molecule has 0 radical (unpaired) electrons. The number of aromatic hydroxyl groups is 5. The molecule has 7 aromatic rings. The molecule has 0 aliphatic heterocycles. The molecule has 2 aromatic heterocycles. The third kappa shape index (κ3) is 2.47. The fourth-order valence-electron chi connectivity index (χ4n) is 5.10. The first-order valence-corrected chi connectivity index (χ1v) is 11.7. The second kappa shape index (κ2) is 6.71. The van der Waals surface area contributed by atoms with Crippen LogP contribution in [0.4, 0.5) is 0 Å². The fraction of sp³-hybridized carbons (Fsp3) is 0. The smallest absolute Gasteiger partial charge is 0.208 e. The Kier molecular flexibility index (Phi) is 3.80. The molecule has 0 amide bonds. The van der Waals surface area contributed by atoms with Crippen LogP contribution < -0.4 is 0 Å². The van der Waals surface area contributed by atoms with Crippen molar-refractivity contribution in [3.05, 3.63) is 72.8 Å². The summed E-state index contributed by atoms with van der Waals surface area (Å²) in [6.07, 6.45) is 0. The van der Waals surface area contributed by atoms with E-state index < -0.39 is 28.7 Å². The number of fused-ring (bicyclic) bond motifs is 8. The Labute approximate surface area is 201 Å². The molecule has 35 heavy (non-hydrogen) atoms. The van der Waals surface area contributed by atoms with Crippen LogP contribution >= 0.6 is 11.3 Å². The molecule has 0 fully saturated rings. The van der Waals surface area contributed by atoms with Crippen LogP contribution in [0.15, 0.2) is 72.8 Å². The van der Waals surface area contributed by atoms with E-state index in [2.05, 4.69) is 24.3 Å². The van der Waals surface area contributed by atoms with Gasteiger partial charge in [0.1, 0.15) is 5.69 Å². The van der Waals surface area contributed by atoms with Gasteiger partial charge in [-0.2, -0.15) is 0 Å². The number of phenols is 5. The quantitative estimate of drug-likeness (QED) is 0.131. The first-order chi connectivity index (χ1) is 17.0. The zero-order chi connectivity index (χ0) is 24.0.